The fourth-order valence-electron chi connectivity index (χ4n) is 2.76. The summed E-state index contributed by atoms with van der Waals surface area (Å²) >= 11 is 0. The van der Waals surface area contributed by atoms with E-state index in [1.807, 2.05) is 53.4 Å². The van der Waals surface area contributed by atoms with Crippen molar-refractivity contribution in [3.63, 3.8) is 0 Å². The maximum atomic E-state index is 12.8. The second kappa shape index (κ2) is 9.11. The van der Waals surface area contributed by atoms with Crippen LogP contribution in [-0.4, -0.2) is 55.2 Å². The summed E-state index contributed by atoms with van der Waals surface area (Å²) in [6, 6.07) is 15.4. The van der Waals surface area contributed by atoms with E-state index >= 15 is 0 Å². The number of pyridine rings is 1. The Morgan fingerprint density at radius 3 is 2.60 bits per heavy atom. The van der Waals surface area contributed by atoms with Gasteiger partial charge in [-0.15, -0.1) is 0 Å². The summed E-state index contributed by atoms with van der Waals surface area (Å²) in [5.74, 6) is -0.0369. The number of benzene rings is 1. The number of hydrogen-bond acceptors (Lipinski definition) is 4. The van der Waals surface area contributed by atoms with Crippen LogP contribution >= 0.6 is 0 Å². The molecular formula is C20H23N3O2. The van der Waals surface area contributed by atoms with E-state index < -0.39 is 0 Å². The van der Waals surface area contributed by atoms with Gasteiger partial charge in [-0.05, 0) is 30.3 Å². The molecule has 2 heterocycles. The predicted molar refractivity (Wildman–Crippen MR) is 99.3 cm³/mol. The molecular weight excluding hydrogens is 314 g/mol. The summed E-state index contributed by atoms with van der Waals surface area (Å²) in [5, 5.41) is 0. The molecule has 0 saturated carbocycles. The zero-order valence-electron chi connectivity index (χ0n) is 14.3. The lowest BCUT2D eigenvalue weighted by Gasteiger charge is -2.29. The number of nitrogens with zero attached hydrogens (tertiary/aromatic N) is 3. The lowest BCUT2D eigenvalue weighted by atomic mass is 10.2. The van der Waals surface area contributed by atoms with Crippen LogP contribution in [0.4, 0.5) is 5.69 Å². The molecule has 1 aromatic carbocycles. The van der Waals surface area contributed by atoms with Crippen LogP contribution < -0.4 is 4.90 Å². The zero-order chi connectivity index (χ0) is 17.3. The van der Waals surface area contributed by atoms with Crippen molar-refractivity contribution in [2.24, 2.45) is 0 Å². The molecule has 0 unspecified atom stereocenters. The molecule has 0 bridgehead atoms. The van der Waals surface area contributed by atoms with E-state index in [-0.39, 0.29) is 5.91 Å². The number of carbonyl (C=O) groups excluding carboxylic acids is 1. The lowest BCUT2D eigenvalue weighted by molar-refractivity contribution is -0.114. The number of anilines is 1. The van der Waals surface area contributed by atoms with Gasteiger partial charge >= 0.3 is 0 Å². The Balaban J connectivity index is 1.69. The molecule has 1 aromatic heterocycles. The van der Waals surface area contributed by atoms with Gasteiger partial charge in [0.2, 0.25) is 0 Å². The number of morpholine rings is 1. The summed E-state index contributed by atoms with van der Waals surface area (Å²) in [4.78, 5) is 21.1. The Hall–Kier alpha value is -2.50. The molecule has 0 spiro atoms. The molecule has 0 radical (unpaired) electrons. The maximum absolute atomic E-state index is 12.8. The van der Waals surface area contributed by atoms with E-state index in [0.717, 1.165) is 44.2 Å². The smallest absolute Gasteiger partial charge is 0.251 e. The Labute approximate surface area is 148 Å². The van der Waals surface area contributed by atoms with E-state index in [1.54, 1.807) is 18.3 Å². The first-order chi connectivity index (χ1) is 12.3. The van der Waals surface area contributed by atoms with E-state index in [0.29, 0.717) is 6.54 Å². The molecule has 2 aromatic rings. The van der Waals surface area contributed by atoms with Crippen molar-refractivity contribution in [3.8, 4) is 0 Å². The first-order valence-electron chi connectivity index (χ1n) is 8.59. The first kappa shape index (κ1) is 17.3. The topological polar surface area (TPSA) is 45.7 Å². The minimum Gasteiger partial charge on any atom is -0.379 e. The third-order valence-electron chi connectivity index (χ3n) is 4.16. The quantitative estimate of drug-likeness (QED) is 0.760. The van der Waals surface area contributed by atoms with Gasteiger partial charge in [-0.3, -0.25) is 14.7 Å². The molecule has 0 N–H and O–H groups in total. The van der Waals surface area contributed by atoms with Crippen molar-refractivity contribution in [2.75, 3.05) is 44.3 Å². The van der Waals surface area contributed by atoms with Gasteiger partial charge < -0.3 is 9.64 Å². The number of rotatable bonds is 6. The molecule has 5 heteroatoms. The predicted octanol–water partition coefficient (Wildman–Crippen LogP) is 2.46. The summed E-state index contributed by atoms with van der Waals surface area (Å²) < 4.78 is 5.39. The van der Waals surface area contributed by atoms with Crippen molar-refractivity contribution >= 4 is 17.7 Å². The summed E-state index contributed by atoms with van der Waals surface area (Å²) in [6.07, 6.45) is 5.07. The highest BCUT2D eigenvalue weighted by Crippen LogP contribution is 2.14. The van der Waals surface area contributed by atoms with Crippen LogP contribution in [0.15, 0.2) is 60.8 Å². The van der Waals surface area contributed by atoms with Crippen LogP contribution in [0, 0.1) is 0 Å². The molecule has 0 atom stereocenters. The zero-order valence-corrected chi connectivity index (χ0v) is 14.3. The highest BCUT2D eigenvalue weighted by molar-refractivity contribution is 6.03. The normalized spacial score (nSPS) is 15.4. The largest absolute Gasteiger partial charge is 0.379 e. The van der Waals surface area contributed by atoms with E-state index in [9.17, 15) is 4.79 Å². The number of aromatic nitrogens is 1. The van der Waals surface area contributed by atoms with Gasteiger partial charge in [-0.25, -0.2) is 0 Å². The maximum Gasteiger partial charge on any atom is 0.251 e. The minimum absolute atomic E-state index is 0.0369. The highest BCUT2D eigenvalue weighted by Gasteiger charge is 2.16. The molecule has 5 nitrogen and oxygen atoms in total. The van der Waals surface area contributed by atoms with Gasteiger partial charge in [0.1, 0.15) is 0 Å². The van der Waals surface area contributed by atoms with Gasteiger partial charge in [-0.1, -0.05) is 24.3 Å². The number of para-hydroxylation sites is 1. The molecule has 1 amide bonds. The van der Waals surface area contributed by atoms with Gasteiger partial charge in [0.25, 0.3) is 5.91 Å². The monoisotopic (exact) mass is 337 g/mol. The summed E-state index contributed by atoms with van der Waals surface area (Å²) in [6.45, 7) is 4.84. The number of ether oxygens (including phenoxy) is 1. The third-order valence-corrected chi connectivity index (χ3v) is 4.16. The fraction of sp³-hybridized carbons (Fsp3) is 0.300. The van der Waals surface area contributed by atoms with Crippen LogP contribution in [-0.2, 0) is 9.53 Å². The summed E-state index contributed by atoms with van der Waals surface area (Å²) in [5.41, 5.74) is 1.68. The van der Waals surface area contributed by atoms with Crippen LogP contribution in [0.2, 0.25) is 0 Å². The second-order valence-corrected chi connectivity index (χ2v) is 5.87. The SMILES string of the molecule is O=C(/C=C\c1ccccn1)N(CCN1CCOCC1)c1ccccc1. The van der Waals surface area contributed by atoms with E-state index in [4.69, 9.17) is 4.74 Å². The standard InChI is InChI=1S/C20H23N3O2/c24-20(10-9-18-6-4-5-11-21-18)23(19-7-2-1-3-8-19)13-12-22-14-16-25-17-15-22/h1-11H,12-17H2/b10-9-. The van der Waals surface area contributed by atoms with Crippen molar-refractivity contribution < 1.29 is 9.53 Å². The Bertz CT molecular complexity index is 683. The number of amides is 1. The Morgan fingerprint density at radius 1 is 1.12 bits per heavy atom. The average Bonchev–Trinajstić information content (AvgIpc) is 2.69. The minimum atomic E-state index is -0.0369. The van der Waals surface area contributed by atoms with Crippen molar-refractivity contribution in [2.45, 2.75) is 0 Å². The van der Waals surface area contributed by atoms with Crippen LogP contribution in [0.25, 0.3) is 6.08 Å². The van der Waals surface area contributed by atoms with Crippen molar-refractivity contribution in [3.05, 3.63) is 66.5 Å². The van der Waals surface area contributed by atoms with Gasteiger partial charge in [0.15, 0.2) is 0 Å². The Morgan fingerprint density at radius 2 is 1.88 bits per heavy atom. The van der Waals surface area contributed by atoms with E-state index in [2.05, 4.69) is 9.88 Å². The summed E-state index contributed by atoms with van der Waals surface area (Å²) in [7, 11) is 0. The molecule has 1 aliphatic rings. The first-order valence-corrected chi connectivity index (χ1v) is 8.59. The van der Waals surface area contributed by atoms with Crippen LogP contribution in [0.3, 0.4) is 0 Å². The van der Waals surface area contributed by atoms with Crippen LogP contribution in [0.1, 0.15) is 5.69 Å². The van der Waals surface area contributed by atoms with Crippen molar-refractivity contribution in [1.29, 1.82) is 0 Å². The average molecular weight is 337 g/mol. The third kappa shape index (κ3) is 5.24. The van der Waals surface area contributed by atoms with E-state index in [1.165, 1.54) is 0 Å². The molecule has 130 valence electrons. The fourth-order valence-corrected chi connectivity index (χ4v) is 2.76. The van der Waals surface area contributed by atoms with Gasteiger partial charge in [0.05, 0.1) is 18.9 Å². The lowest BCUT2D eigenvalue weighted by Crippen LogP contribution is -2.42. The molecule has 1 aliphatic heterocycles. The molecule has 1 fully saturated rings. The number of hydrogen-bond donors (Lipinski definition) is 0. The second-order valence-electron chi connectivity index (χ2n) is 5.87. The Kier molecular flexibility index (Phi) is 6.31. The highest BCUT2D eigenvalue weighted by atomic mass is 16.5. The molecule has 25 heavy (non-hydrogen) atoms. The number of carbonyl (C=O) groups is 1. The molecule has 3 rings (SSSR count). The molecule has 0 aliphatic carbocycles. The van der Waals surface area contributed by atoms with Crippen LogP contribution in [0.5, 0.6) is 0 Å². The molecule has 1 saturated heterocycles. The van der Waals surface area contributed by atoms with Gasteiger partial charge in [0, 0.05) is 44.1 Å². The van der Waals surface area contributed by atoms with Gasteiger partial charge in [-0.2, -0.15) is 0 Å². The van der Waals surface area contributed by atoms with Crippen molar-refractivity contribution in [1.82, 2.24) is 9.88 Å².